The minimum Gasteiger partial charge on any atom is -0.340 e. The molecule has 0 bridgehead atoms. The maximum atomic E-state index is 12.8. The second-order valence-corrected chi connectivity index (χ2v) is 6.16. The third-order valence-corrected chi connectivity index (χ3v) is 4.67. The molecular weight excluding hydrogens is 286 g/mol. The molecule has 1 atom stereocenters. The summed E-state index contributed by atoms with van der Waals surface area (Å²) < 4.78 is 0. The van der Waals surface area contributed by atoms with E-state index in [0.29, 0.717) is 18.9 Å². The molecule has 0 aromatic heterocycles. The van der Waals surface area contributed by atoms with Crippen LogP contribution in [0.3, 0.4) is 0 Å². The third kappa shape index (κ3) is 3.07. The van der Waals surface area contributed by atoms with Crippen molar-refractivity contribution < 1.29 is 4.79 Å². The zero-order valence-electron chi connectivity index (χ0n) is 12.5. The average Bonchev–Trinajstić information content (AvgIpc) is 2.84. The highest BCUT2D eigenvalue weighted by Crippen LogP contribution is 2.30. The minimum atomic E-state index is -0.737. The van der Waals surface area contributed by atoms with Crippen molar-refractivity contribution in [3.8, 4) is 0 Å². The zero-order valence-corrected chi connectivity index (χ0v) is 13.3. The molecule has 4 nitrogen and oxygen atoms in total. The van der Waals surface area contributed by atoms with Crippen molar-refractivity contribution >= 4 is 18.3 Å². The first-order valence-corrected chi connectivity index (χ1v) is 7.45. The molecule has 1 unspecified atom stereocenters. The Labute approximate surface area is 132 Å². The number of amides is 1. The van der Waals surface area contributed by atoms with Gasteiger partial charge in [0.2, 0.25) is 5.91 Å². The van der Waals surface area contributed by atoms with Crippen molar-refractivity contribution in [2.24, 2.45) is 5.73 Å². The highest BCUT2D eigenvalue weighted by molar-refractivity contribution is 5.88. The van der Waals surface area contributed by atoms with Gasteiger partial charge in [0.1, 0.15) is 5.54 Å². The highest BCUT2D eigenvalue weighted by Gasteiger charge is 2.43. The first kappa shape index (κ1) is 16.3. The first-order valence-electron chi connectivity index (χ1n) is 7.45. The Morgan fingerprint density at radius 1 is 1.33 bits per heavy atom. The van der Waals surface area contributed by atoms with E-state index in [4.69, 9.17) is 5.73 Å². The number of fused-ring (bicyclic) bond motifs is 1. The summed E-state index contributed by atoms with van der Waals surface area (Å²) in [5.74, 6) is 0.119. The number of piperidine rings is 1. The predicted octanol–water partition coefficient (Wildman–Crippen LogP) is 1.11. The van der Waals surface area contributed by atoms with Crippen molar-refractivity contribution in [1.82, 2.24) is 10.2 Å². The zero-order chi connectivity index (χ0) is 14.2. The molecule has 1 aliphatic carbocycles. The topological polar surface area (TPSA) is 58.4 Å². The number of carbonyl (C=O) groups is 1. The van der Waals surface area contributed by atoms with Gasteiger partial charge in [-0.2, -0.15) is 0 Å². The predicted molar refractivity (Wildman–Crippen MR) is 86.7 cm³/mol. The molecule has 1 heterocycles. The van der Waals surface area contributed by atoms with Crippen LogP contribution in [0.15, 0.2) is 24.3 Å². The van der Waals surface area contributed by atoms with Gasteiger partial charge in [0.15, 0.2) is 0 Å². The molecule has 1 fully saturated rings. The molecule has 21 heavy (non-hydrogen) atoms. The normalized spacial score (nSPS) is 23.3. The lowest BCUT2D eigenvalue weighted by Crippen LogP contribution is -2.59. The number of halogens is 1. The number of nitrogens with one attached hydrogen (secondary N) is 1. The highest BCUT2D eigenvalue weighted by atomic mass is 35.5. The Hall–Kier alpha value is -1.10. The summed E-state index contributed by atoms with van der Waals surface area (Å²) in [6, 6.07) is 8.62. The van der Waals surface area contributed by atoms with Gasteiger partial charge in [0.05, 0.1) is 0 Å². The van der Waals surface area contributed by atoms with Gasteiger partial charge in [-0.25, -0.2) is 0 Å². The number of nitrogens with zero attached hydrogens (tertiary/aromatic N) is 1. The lowest BCUT2D eigenvalue weighted by Gasteiger charge is -2.37. The summed E-state index contributed by atoms with van der Waals surface area (Å²) in [6.45, 7) is 1.62. The van der Waals surface area contributed by atoms with Gasteiger partial charge in [0.25, 0.3) is 0 Å². The van der Waals surface area contributed by atoms with Gasteiger partial charge in [0, 0.05) is 19.1 Å². The van der Waals surface area contributed by atoms with Crippen molar-refractivity contribution in [3.63, 3.8) is 0 Å². The Balaban J connectivity index is 0.00000161. The molecule has 1 aromatic carbocycles. The number of benzene rings is 1. The van der Waals surface area contributed by atoms with E-state index in [1.165, 1.54) is 11.1 Å². The smallest absolute Gasteiger partial charge is 0.243 e. The monoisotopic (exact) mass is 309 g/mol. The van der Waals surface area contributed by atoms with Gasteiger partial charge in [-0.05, 0) is 43.9 Å². The maximum absolute atomic E-state index is 12.8. The van der Waals surface area contributed by atoms with E-state index in [9.17, 15) is 4.79 Å². The lowest BCUT2D eigenvalue weighted by molar-refractivity contribution is -0.138. The number of hydrogen-bond donors (Lipinski definition) is 2. The van der Waals surface area contributed by atoms with E-state index in [0.717, 1.165) is 25.9 Å². The molecule has 1 aliphatic heterocycles. The van der Waals surface area contributed by atoms with Crippen LogP contribution in [0.4, 0.5) is 0 Å². The van der Waals surface area contributed by atoms with Crippen molar-refractivity contribution in [2.75, 3.05) is 20.1 Å². The van der Waals surface area contributed by atoms with Gasteiger partial charge < -0.3 is 16.0 Å². The second-order valence-electron chi connectivity index (χ2n) is 6.16. The molecule has 1 saturated heterocycles. The number of carbonyl (C=O) groups excluding carboxylic acids is 1. The van der Waals surface area contributed by atoms with Crippen LogP contribution in [0.25, 0.3) is 0 Å². The van der Waals surface area contributed by atoms with Gasteiger partial charge >= 0.3 is 0 Å². The summed E-state index contributed by atoms with van der Waals surface area (Å²) in [4.78, 5) is 14.8. The van der Waals surface area contributed by atoms with Crippen molar-refractivity contribution in [2.45, 2.75) is 37.3 Å². The molecule has 116 valence electrons. The molecule has 1 amide bonds. The first-order chi connectivity index (χ1) is 9.62. The number of likely N-dealkylation sites (tertiary alicyclic amines) is 1. The Bertz CT molecular complexity index is 495. The fraction of sp³-hybridized carbons (Fsp3) is 0.562. The van der Waals surface area contributed by atoms with E-state index in [2.05, 4.69) is 17.4 Å². The van der Waals surface area contributed by atoms with Crippen molar-refractivity contribution in [1.29, 1.82) is 0 Å². The summed E-state index contributed by atoms with van der Waals surface area (Å²) in [7, 11) is 1.96. The Morgan fingerprint density at radius 3 is 2.52 bits per heavy atom. The minimum absolute atomic E-state index is 0. The Morgan fingerprint density at radius 2 is 1.95 bits per heavy atom. The Kier molecular flexibility index (Phi) is 4.91. The molecule has 5 heteroatoms. The van der Waals surface area contributed by atoms with Crippen LogP contribution in [-0.2, 0) is 17.6 Å². The third-order valence-electron chi connectivity index (χ3n) is 4.67. The molecule has 0 spiro atoms. The van der Waals surface area contributed by atoms with E-state index < -0.39 is 5.54 Å². The average molecular weight is 310 g/mol. The summed E-state index contributed by atoms with van der Waals surface area (Å²) >= 11 is 0. The summed E-state index contributed by atoms with van der Waals surface area (Å²) in [6.07, 6.45) is 3.53. The van der Waals surface area contributed by atoms with Crippen LogP contribution in [-0.4, -0.2) is 42.5 Å². The molecule has 0 saturated carbocycles. The van der Waals surface area contributed by atoms with E-state index >= 15 is 0 Å². The largest absolute Gasteiger partial charge is 0.340 e. The number of nitrogens with two attached hydrogens (primary N) is 1. The van der Waals surface area contributed by atoms with Crippen LogP contribution >= 0.6 is 12.4 Å². The SMILES string of the molecule is CNC1CCCN(C(=O)C2(N)Cc3ccccc3C2)C1.Cl. The van der Waals surface area contributed by atoms with Crippen LogP contribution in [0.1, 0.15) is 24.0 Å². The van der Waals surface area contributed by atoms with Crippen LogP contribution < -0.4 is 11.1 Å². The summed E-state index contributed by atoms with van der Waals surface area (Å²) in [5, 5.41) is 3.27. The van der Waals surface area contributed by atoms with Crippen LogP contribution in [0, 0.1) is 0 Å². The van der Waals surface area contributed by atoms with Gasteiger partial charge in [-0.3, -0.25) is 4.79 Å². The second kappa shape index (κ2) is 6.34. The van der Waals surface area contributed by atoms with Gasteiger partial charge in [-0.1, -0.05) is 24.3 Å². The number of hydrogen-bond acceptors (Lipinski definition) is 3. The van der Waals surface area contributed by atoms with E-state index in [1.54, 1.807) is 0 Å². The van der Waals surface area contributed by atoms with Gasteiger partial charge in [-0.15, -0.1) is 12.4 Å². The van der Waals surface area contributed by atoms with E-state index in [-0.39, 0.29) is 18.3 Å². The molecule has 3 N–H and O–H groups in total. The lowest BCUT2D eigenvalue weighted by atomic mass is 9.93. The standard InChI is InChI=1S/C16H23N3O.ClH/c1-18-14-7-4-8-19(11-14)15(20)16(17)9-12-5-2-3-6-13(12)10-16;/h2-3,5-6,14,18H,4,7-11,17H2,1H3;1H. The molecule has 2 aliphatic rings. The fourth-order valence-electron chi connectivity index (χ4n) is 3.51. The number of likely N-dealkylation sites (N-methyl/N-ethyl adjacent to an activating group) is 1. The molecule has 3 rings (SSSR count). The fourth-order valence-corrected chi connectivity index (χ4v) is 3.51. The van der Waals surface area contributed by atoms with Crippen LogP contribution in [0.5, 0.6) is 0 Å². The molecule has 0 radical (unpaired) electrons. The molecular formula is C16H24ClN3O. The number of rotatable bonds is 2. The van der Waals surface area contributed by atoms with Crippen LogP contribution in [0.2, 0.25) is 0 Å². The summed E-state index contributed by atoms with van der Waals surface area (Å²) in [5.41, 5.74) is 8.18. The van der Waals surface area contributed by atoms with E-state index in [1.807, 2.05) is 24.1 Å². The quantitative estimate of drug-likeness (QED) is 0.860. The molecule has 1 aromatic rings. The van der Waals surface area contributed by atoms with Crippen molar-refractivity contribution in [3.05, 3.63) is 35.4 Å². The maximum Gasteiger partial charge on any atom is 0.243 e.